The Morgan fingerprint density at radius 1 is 1.08 bits per heavy atom. The molecule has 1 aliphatic heterocycles. The van der Waals surface area contributed by atoms with Crippen LogP contribution in [-0.2, 0) is 11.3 Å². The van der Waals surface area contributed by atoms with Gasteiger partial charge in [-0.15, -0.1) is 0 Å². The van der Waals surface area contributed by atoms with Crippen LogP contribution in [0.1, 0.15) is 29.8 Å². The van der Waals surface area contributed by atoms with E-state index in [-0.39, 0.29) is 12.0 Å². The highest BCUT2D eigenvalue weighted by Gasteiger charge is 2.12. The number of nitrogens with one attached hydrogen (secondary N) is 1. The molecule has 0 aliphatic carbocycles. The van der Waals surface area contributed by atoms with Crippen LogP contribution >= 0.6 is 0 Å². The fourth-order valence-corrected chi connectivity index (χ4v) is 2.89. The molecular weight excluding hydrogens is 328 g/mol. The van der Waals surface area contributed by atoms with Crippen LogP contribution in [-0.4, -0.2) is 38.3 Å². The standard InChI is InChI=1S/C21H26N2O3/c1-16(2)26-20-9-3-17(4-10-20)15-22-21(24)18-5-7-19(8-6-18)23-11-13-25-14-12-23/h3-10,16H,11-15H2,1-2H3,(H,22,24). The predicted molar refractivity (Wildman–Crippen MR) is 103 cm³/mol. The van der Waals surface area contributed by atoms with Gasteiger partial charge in [0.25, 0.3) is 5.91 Å². The lowest BCUT2D eigenvalue weighted by Crippen LogP contribution is -2.36. The van der Waals surface area contributed by atoms with E-state index in [2.05, 4.69) is 10.2 Å². The van der Waals surface area contributed by atoms with Gasteiger partial charge >= 0.3 is 0 Å². The predicted octanol–water partition coefficient (Wildman–Crippen LogP) is 3.24. The number of hydrogen-bond donors (Lipinski definition) is 1. The highest BCUT2D eigenvalue weighted by Crippen LogP contribution is 2.17. The summed E-state index contributed by atoms with van der Waals surface area (Å²) in [6.45, 7) is 7.78. The van der Waals surface area contributed by atoms with Crippen LogP contribution < -0.4 is 15.0 Å². The molecule has 26 heavy (non-hydrogen) atoms. The first-order valence-electron chi connectivity index (χ1n) is 9.08. The van der Waals surface area contributed by atoms with Crippen molar-refractivity contribution in [2.24, 2.45) is 0 Å². The third kappa shape index (κ3) is 4.99. The molecule has 1 heterocycles. The maximum absolute atomic E-state index is 12.3. The second-order valence-electron chi connectivity index (χ2n) is 6.64. The third-order valence-corrected chi connectivity index (χ3v) is 4.25. The molecule has 1 saturated heterocycles. The minimum Gasteiger partial charge on any atom is -0.491 e. The Morgan fingerprint density at radius 2 is 1.73 bits per heavy atom. The van der Waals surface area contributed by atoms with Crippen molar-refractivity contribution in [2.75, 3.05) is 31.2 Å². The van der Waals surface area contributed by atoms with Crippen molar-refractivity contribution >= 4 is 11.6 Å². The minimum absolute atomic E-state index is 0.0685. The van der Waals surface area contributed by atoms with Crippen molar-refractivity contribution in [1.29, 1.82) is 0 Å². The van der Waals surface area contributed by atoms with E-state index < -0.39 is 0 Å². The van der Waals surface area contributed by atoms with Gasteiger partial charge in [0.2, 0.25) is 0 Å². The van der Waals surface area contributed by atoms with Crippen LogP contribution in [0.15, 0.2) is 48.5 Å². The lowest BCUT2D eigenvalue weighted by atomic mass is 10.1. The summed E-state index contributed by atoms with van der Waals surface area (Å²) >= 11 is 0. The summed E-state index contributed by atoms with van der Waals surface area (Å²) in [4.78, 5) is 14.6. The van der Waals surface area contributed by atoms with Gasteiger partial charge in [0, 0.05) is 30.9 Å². The van der Waals surface area contributed by atoms with E-state index in [1.54, 1.807) is 0 Å². The zero-order valence-corrected chi connectivity index (χ0v) is 15.4. The molecule has 0 unspecified atom stereocenters. The van der Waals surface area contributed by atoms with Crippen LogP contribution in [0.25, 0.3) is 0 Å². The minimum atomic E-state index is -0.0685. The molecule has 1 N–H and O–H groups in total. The summed E-state index contributed by atoms with van der Waals surface area (Å²) in [6, 6.07) is 15.5. The smallest absolute Gasteiger partial charge is 0.251 e. The van der Waals surface area contributed by atoms with E-state index in [9.17, 15) is 4.79 Å². The van der Waals surface area contributed by atoms with Crippen LogP contribution in [0, 0.1) is 0 Å². The van der Waals surface area contributed by atoms with E-state index in [1.807, 2.05) is 62.4 Å². The lowest BCUT2D eigenvalue weighted by Gasteiger charge is -2.28. The maximum Gasteiger partial charge on any atom is 0.251 e. The van der Waals surface area contributed by atoms with Gasteiger partial charge < -0.3 is 19.7 Å². The van der Waals surface area contributed by atoms with Gasteiger partial charge in [0.05, 0.1) is 19.3 Å². The number of anilines is 1. The van der Waals surface area contributed by atoms with Crippen molar-refractivity contribution in [3.63, 3.8) is 0 Å². The fourth-order valence-electron chi connectivity index (χ4n) is 2.89. The molecule has 0 bridgehead atoms. The van der Waals surface area contributed by atoms with Gasteiger partial charge in [0.1, 0.15) is 5.75 Å². The topological polar surface area (TPSA) is 50.8 Å². The number of nitrogens with zero attached hydrogens (tertiary/aromatic N) is 1. The molecule has 0 atom stereocenters. The highest BCUT2D eigenvalue weighted by atomic mass is 16.5. The third-order valence-electron chi connectivity index (χ3n) is 4.25. The van der Waals surface area contributed by atoms with E-state index >= 15 is 0 Å². The molecule has 1 fully saturated rings. The summed E-state index contributed by atoms with van der Waals surface area (Å²) in [5.41, 5.74) is 2.84. The van der Waals surface area contributed by atoms with Crippen molar-refractivity contribution in [1.82, 2.24) is 5.32 Å². The van der Waals surface area contributed by atoms with Gasteiger partial charge in [0.15, 0.2) is 0 Å². The van der Waals surface area contributed by atoms with Gasteiger partial charge in [-0.05, 0) is 55.8 Å². The molecule has 5 heteroatoms. The molecule has 2 aromatic rings. The van der Waals surface area contributed by atoms with Crippen LogP contribution in [0.3, 0.4) is 0 Å². The van der Waals surface area contributed by atoms with Gasteiger partial charge in [-0.25, -0.2) is 0 Å². The van der Waals surface area contributed by atoms with E-state index in [0.717, 1.165) is 43.3 Å². The molecule has 0 radical (unpaired) electrons. The lowest BCUT2D eigenvalue weighted by molar-refractivity contribution is 0.0951. The number of rotatable bonds is 6. The molecule has 1 aliphatic rings. The average Bonchev–Trinajstić information content (AvgIpc) is 2.67. The van der Waals surface area contributed by atoms with Crippen molar-refractivity contribution in [3.8, 4) is 5.75 Å². The van der Waals surface area contributed by atoms with Crippen molar-refractivity contribution < 1.29 is 14.3 Å². The molecule has 138 valence electrons. The molecule has 0 saturated carbocycles. The molecular formula is C21H26N2O3. The van der Waals surface area contributed by atoms with Crippen LogP contribution in [0.2, 0.25) is 0 Å². The molecule has 0 aromatic heterocycles. The van der Waals surface area contributed by atoms with Crippen LogP contribution in [0.4, 0.5) is 5.69 Å². The number of carbonyl (C=O) groups is 1. The number of amides is 1. The number of morpholine rings is 1. The summed E-state index contributed by atoms with van der Waals surface area (Å²) < 4.78 is 11.0. The fraction of sp³-hybridized carbons (Fsp3) is 0.381. The Balaban J connectivity index is 1.53. The highest BCUT2D eigenvalue weighted by molar-refractivity contribution is 5.94. The monoisotopic (exact) mass is 354 g/mol. The Labute approximate surface area is 154 Å². The summed E-state index contributed by atoms with van der Waals surface area (Å²) in [6.07, 6.45) is 0.154. The first kappa shape index (κ1) is 18.3. The zero-order valence-electron chi connectivity index (χ0n) is 15.4. The van der Waals surface area contributed by atoms with Gasteiger partial charge in [-0.1, -0.05) is 12.1 Å². The Kier molecular flexibility index (Phi) is 6.12. The second-order valence-corrected chi connectivity index (χ2v) is 6.64. The SMILES string of the molecule is CC(C)Oc1ccc(CNC(=O)c2ccc(N3CCOCC3)cc2)cc1. The number of ether oxygens (including phenoxy) is 2. The zero-order chi connectivity index (χ0) is 18.4. The normalized spacial score (nSPS) is 14.3. The average molecular weight is 354 g/mol. The number of hydrogen-bond acceptors (Lipinski definition) is 4. The first-order valence-corrected chi connectivity index (χ1v) is 9.08. The van der Waals surface area contributed by atoms with Gasteiger partial charge in [-0.2, -0.15) is 0 Å². The first-order chi connectivity index (χ1) is 12.6. The molecule has 0 spiro atoms. The molecule has 2 aromatic carbocycles. The van der Waals surface area contributed by atoms with Gasteiger partial charge in [-0.3, -0.25) is 4.79 Å². The van der Waals surface area contributed by atoms with Crippen LogP contribution in [0.5, 0.6) is 5.75 Å². The number of carbonyl (C=O) groups excluding carboxylic acids is 1. The molecule has 5 nitrogen and oxygen atoms in total. The van der Waals surface area contributed by atoms with Crippen molar-refractivity contribution in [3.05, 3.63) is 59.7 Å². The summed E-state index contributed by atoms with van der Waals surface area (Å²) in [5.74, 6) is 0.773. The summed E-state index contributed by atoms with van der Waals surface area (Å²) in [5, 5.41) is 2.96. The Morgan fingerprint density at radius 3 is 2.35 bits per heavy atom. The Bertz CT molecular complexity index is 705. The molecule has 3 rings (SSSR count). The van der Waals surface area contributed by atoms with Crippen molar-refractivity contribution in [2.45, 2.75) is 26.5 Å². The van der Waals surface area contributed by atoms with E-state index in [1.165, 1.54) is 0 Å². The Hall–Kier alpha value is -2.53. The number of benzene rings is 2. The maximum atomic E-state index is 12.3. The molecule has 1 amide bonds. The quantitative estimate of drug-likeness (QED) is 0.865. The largest absolute Gasteiger partial charge is 0.491 e. The van der Waals surface area contributed by atoms with E-state index in [0.29, 0.717) is 12.1 Å². The van der Waals surface area contributed by atoms with E-state index in [4.69, 9.17) is 9.47 Å². The second kappa shape index (κ2) is 8.72. The summed E-state index contributed by atoms with van der Waals surface area (Å²) in [7, 11) is 0.